The van der Waals surface area contributed by atoms with Gasteiger partial charge in [-0.3, -0.25) is 0 Å². The van der Waals surface area contributed by atoms with E-state index in [1.807, 2.05) is 0 Å². The lowest BCUT2D eigenvalue weighted by Crippen LogP contribution is -2.15. The molecule has 0 radical (unpaired) electrons. The minimum absolute atomic E-state index is 0.236. The maximum atomic E-state index is 5.81. The van der Waals surface area contributed by atoms with Crippen LogP contribution in [-0.2, 0) is 11.8 Å². The minimum Gasteiger partial charge on any atom is -0.328 e. The lowest BCUT2D eigenvalue weighted by Gasteiger charge is -2.22. The van der Waals surface area contributed by atoms with Crippen LogP contribution in [0.3, 0.4) is 0 Å². The van der Waals surface area contributed by atoms with Crippen molar-refractivity contribution in [3.8, 4) is 0 Å². The van der Waals surface area contributed by atoms with E-state index in [1.54, 1.807) is 0 Å². The molecule has 1 aromatic rings. The molecule has 1 atom stereocenters. The molecule has 2 N–H and O–H groups in total. The molecule has 0 saturated heterocycles. The molecule has 1 heteroatoms. The van der Waals surface area contributed by atoms with Crippen LogP contribution in [0.5, 0.6) is 0 Å². The number of hydrogen-bond acceptors (Lipinski definition) is 1. The molecule has 1 unspecified atom stereocenters. The zero-order valence-electron chi connectivity index (χ0n) is 12.9. The minimum atomic E-state index is 0.236. The van der Waals surface area contributed by atoms with Crippen LogP contribution in [0.2, 0.25) is 0 Å². The Morgan fingerprint density at radius 2 is 1.61 bits per heavy atom. The van der Waals surface area contributed by atoms with Crippen molar-refractivity contribution < 1.29 is 0 Å². The molecule has 0 spiro atoms. The largest absolute Gasteiger partial charge is 0.328 e. The van der Waals surface area contributed by atoms with E-state index in [2.05, 4.69) is 53.7 Å². The molecule has 1 rings (SSSR count). The first-order valence-electron chi connectivity index (χ1n) is 7.08. The lowest BCUT2D eigenvalue weighted by molar-refractivity contribution is 0.587. The van der Waals surface area contributed by atoms with Gasteiger partial charge in [0.05, 0.1) is 0 Å². The van der Waals surface area contributed by atoms with Crippen LogP contribution in [0, 0.1) is 13.8 Å². The van der Waals surface area contributed by atoms with Crippen molar-refractivity contribution in [2.75, 3.05) is 0 Å². The smallest absolute Gasteiger partial charge is 0.00105 e. The first kappa shape index (κ1) is 15.2. The number of hydrogen-bond donors (Lipinski definition) is 1. The summed E-state index contributed by atoms with van der Waals surface area (Å²) in [6, 6.07) is 5.03. The van der Waals surface area contributed by atoms with E-state index >= 15 is 0 Å². The molecule has 1 nitrogen and oxygen atoms in total. The van der Waals surface area contributed by atoms with Crippen LogP contribution >= 0.6 is 0 Å². The summed E-state index contributed by atoms with van der Waals surface area (Å²) in [6.45, 7) is 13.4. The van der Waals surface area contributed by atoms with E-state index in [1.165, 1.54) is 28.7 Å². The van der Waals surface area contributed by atoms with Crippen molar-refractivity contribution in [2.45, 2.75) is 72.3 Å². The maximum Gasteiger partial charge on any atom is 0.00105 e. The molecule has 0 heterocycles. The molecule has 0 aliphatic rings. The van der Waals surface area contributed by atoms with E-state index in [-0.39, 0.29) is 5.41 Å². The highest BCUT2D eigenvalue weighted by Crippen LogP contribution is 2.27. The van der Waals surface area contributed by atoms with Crippen LogP contribution in [-0.4, -0.2) is 6.04 Å². The van der Waals surface area contributed by atoms with E-state index in [4.69, 9.17) is 5.73 Å². The summed E-state index contributed by atoms with van der Waals surface area (Å²) in [6.07, 6.45) is 3.46. The molecule has 0 saturated carbocycles. The van der Waals surface area contributed by atoms with Crippen molar-refractivity contribution in [1.82, 2.24) is 0 Å². The highest BCUT2D eigenvalue weighted by molar-refractivity contribution is 5.40. The summed E-state index contributed by atoms with van der Waals surface area (Å²) in [5.41, 5.74) is 11.9. The van der Waals surface area contributed by atoms with Crippen molar-refractivity contribution in [3.63, 3.8) is 0 Å². The van der Waals surface area contributed by atoms with Gasteiger partial charge in [0.2, 0.25) is 0 Å². The van der Waals surface area contributed by atoms with Crippen molar-refractivity contribution >= 4 is 0 Å². The molecule has 0 fully saturated rings. The molecular weight excluding hydrogens is 218 g/mol. The van der Waals surface area contributed by atoms with E-state index < -0.39 is 0 Å². The normalized spacial score (nSPS) is 13.7. The van der Waals surface area contributed by atoms with Gasteiger partial charge in [-0.15, -0.1) is 0 Å². The third-order valence-electron chi connectivity index (χ3n) is 3.65. The Labute approximate surface area is 113 Å². The number of benzene rings is 1. The van der Waals surface area contributed by atoms with Gasteiger partial charge in [0.1, 0.15) is 0 Å². The molecule has 0 aliphatic carbocycles. The second-order valence-corrected chi connectivity index (χ2v) is 6.71. The highest BCUT2D eigenvalue weighted by Gasteiger charge is 2.16. The molecule has 18 heavy (non-hydrogen) atoms. The average molecular weight is 247 g/mol. The summed E-state index contributed by atoms with van der Waals surface area (Å²) in [7, 11) is 0. The van der Waals surface area contributed by atoms with Gasteiger partial charge in [-0.05, 0) is 67.7 Å². The number of rotatable bonds is 4. The predicted octanol–water partition coefficient (Wildman–Crippen LogP) is 4.27. The summed E-state index contributed by atoms with van der Waals surface area (Å²) in [4.78, 5) is 0. The number of nitrogens with two attached hydrogens (primary N) is 1. The van der Waals surface area contributed by atoms with Crippen LogP contribution in [0.1, 0.15) is 62.8 Å². The lowest BCUT2D eigenvalue weighted by atomic mass is 9.83. The van der Waals surface area contributed by atoms with Crippen molar-refractivity contribution in [3.05, 3.63) is 34.4 Å². The van der Waals surface area contributed by atoms with Gasteiger partial charge < -0.3 is 5.73 Å². The zero-order chi connectivity index (χ0) is 13.9. The molecule has 0 bridgehead atoms. The molecule has 0 aliphatic heterocycles. The zero-order valence-corrected chi connectivity index (χ0v) is 12.9. The average Bonchev–Trinajstić information content (AvgIpc) is 2.20. The van der Waals surface area contributed by atoms with Gasteiger partial charge >= 0.3 is 0 Å². The van der Waals surface area contributed by atoms with Crippen LogP contribution in [0.15, 0.2) is 12.1 Å². The topological polar surface area (TPSA) is 26.0 Å². The first-order chi connectivity index (χ1) is 8.21. The van der Waals surface area contributed by atoms with Crippen LogP contribution < -0.4 is 5.73 Å². The Kier molecular flexibility index (Phi) is 4.98. The molecular formula is C17H29N. The fourth-order valence-electron chi connectivity index (χ4n) is 2.42. The summed E-state index contributed by atoms with van der Waals surface area (Å²) < 4.78 is 0. The monoisotopic (exact) mass is 247 g/mol. The van der Waals surface area contributed by atoms with Gasteiger partial charge in [-0.25, -0.2) is 0 Å². The summed E-state index contributed by atoms with van der Waals surface area (Å²) >= 11 is 0. The molecule has 0 amide bonds. The van der Waals surface area contributed by atoms with Crippen LogP contribution in [0.25, 0.3) is 0 Å². The SMILES string of the molecule is Cc1cc(C(C)(C)C)cc(C)c1CCCC(C)N. The third-order valence-corrected chi connectivity index (χ3v) is 3.65. The van der Waals surface area contributed by atoms with E-state index in [0.717, 1.165) is 12.8 Å². The second-order valence-electron chi connectivity index (χ2n) is 6.71. The van der Waals surface area contributed by atoms with Gasteiger partial charge in [-0.1, -0.05) is 32.9 Å². The standard InChI is InChI=1S/C17H29N/c1-12-10-15(17(4,5)6)11-13(2)16(12)9-7-8-14(3)18/h10-11,14H,7-9,18H2,1-6H3. The second kappa shape index (κ2) is 5.88. The van der Waals surface area contributed by atoms with Gasteiger partial charge in [0, 0.05) is 6.04 Å². The Hall–Kier alpha value is -0.820. The quantitative estimate of drug-likeness (QED) is 0.844. The molecule has 0 aromatic heterocycles. The molecule has 1 aromatic carbocycles. The first-order valence-corrected chi connectivity index (χ1v) is 7.08. The van der Waals surface area contributed by atoms with Crippen LogP contribution in [0.4, 0.5) is 0 Å². The van der Waals surface area contributed by atoms with Crippen molar-refractivity contribution in [2.24, 2.45) is 5.73 Å². The Balaban J connectivity index is 2.88. The molecule has 102 valence electrons. The summed E-state index contributed by atoms with van der Waals surface area (Å²) in [5, 5.41) is 0. The maximum absolute atomic E-state index is 5.81. The van der Waals surface area contributed by atoms with E-state index in [0.29, 0.717) is 6.04 Å². The Bertz CT molecular complexity index is 374. The third kappa shape index (κ3) is 4.13. The Morgan fingerprint density at radius 1 is 1.11 bits per heavy atom. The van der Waals surface area contributed by atoms with Gasteiger partial charge in [-0.2, -0.15) is 0 Å². The highest BCUT2D eigenvalue weighted by atomic mass is 14.6. The van der Waals surface area contributed by atoms with Crippen molar-refractivity contribution in [1.29, 1.82) is 0 Å². The Morgan fingerprint density at radius 3 is 2.00 bits per heavy atom. The van der Waals surface area contributed by atoms with Gasteiger partial charge in [0.15, 0.2) is 0 Å². The van der Waals surface area contributed by atoms with Gasteiger partial charge in [0.25, 0.3) is 0 Å². The fourth-order valence-corrected chi connectivity index (χ4v) is 2.42. The summed E-state index contributed by atoms with van der Waals surface area (Å²) in [5.74, 6) is 0. The fraction of sp³-hybridized carbons (Fsp3) is 0.647. The van der Waals surface area contributed by atoms with E-state index in [9.17, 15) is 0 Å². The number of aryl methyl sites for hydroxylation is 2. The predicted molar refractivity (Wildman–Crippen MR) is 81.2 cm³/mol.